The van der Waals surface area contributed by atoms with Gasteiger partial charge in [0.25, 0.3) is 0 Å². The van der Waals surface area contributed by atoms with Crippen LogP contribution in [0.3, 0.4) is 0 Å². The van der Waals surface area contributed by atoms with Crippen molar-refractivity contribution in [1.29, 1.82) is 0 Å². The van der Waals surface area contributed by atoms with E-state index in [0.29, 0.717) is 0 Å². The topological polar surface area (TPSA) is 45.7 Å². The van der Waals surface area contributed by atoms with E-state index in [2.05, 4.69) is 53.1 Å². The number of rotatable bonds is 7. The maximum Gasteiger partial charge on any atom is 0.191 e. The van der Waals surface area contributed by atoms with Crippen molar-refractivity contribution in [3.05, 3.63) is 22.4 Å². The lowest BCUT2D eigenvalue weighted by molar-refractivity contribution is 0.0782. The van der Waals surface area contributed by atoms with Gasteiger partial charge in [-0.2, -0.15) is 23.1 Å². The van der Waals surface area contributed by atoms with E-state index in [1.165, 1.54) is 5.56 Å². The number of hydrogen-bond acceptors (Lipinski definition) is 4. The van der Waals surface area contributed by atoms with E-state index < -0.39 is 0 Å². The molecule has 2 N–H and O–H groups in total. The van der Waals surface area contributed by atoms with Crippen LogP contribution in [-0.4, -0.2) is 42.8 Å². The Labute approximate surface area is 142 Å². The highest BCUT2D eigenvalue weighted by Gasteiger charge is 2.32. The van der Waals surface area contributed by atoms with Gasteiger partial charge in [0.05, 0.1) is 6.54 Å². The summed E-state index contributed by atoms with van der Waals surface area (Å²) >= 11 is 3.77. The van der Waals surface area contributed by atoms with Gasteiger partial charge in [-0.1, -0.05) is 6.92 Å². The third-order valence-corrected chi connectivity index (χ3v) is 5.96. The molecule has 0 amide bonds. The van der Waals surface area contributed by atoms with Crippen molar-refractivity contribution in [3.8, 4) is 0 Å². The Balaban J connectivity index is 1.92. The molecular formula is C16H27N3OS2. The summed E-state index contributed by atoms with van der Waals surface area (Å²) in [5, 5.41) is 11.1. The Morgan fingerprint density at radius 1 is 1.36 bits per heavy atom. The lowest BCUT2D eigenvalue weighted by atomic mass is 9.99. The maximum atomic E-state index is 5.54. The van der Waals surface area contributed by atoms with Gasteiger partial charge in [-0.25, -0.2) is 4.99 Å². The molecular weight excluding hydrogens is 314 g/mol. The van der Waals surface area contributed by atoms with Crippen LogP contribution in [0.5, 0.6) is 0 Å². The summed E-state index contributed by atoms with van der Waals surface area (Å²) in [6.45, 7) is 8.64. The minimum Gasteiger partial charge on any atom is -0.381 e. The van der Waals surface area contributed by atoms with Gasteiger partial charge in [-0.05, 0) is 47.9 Å². The Morgan fingerprint density at radius 3 is 2.82 bits per heavy atom. The number of guanidine groups is 1. The van der Waals surface area contributed by atoms with Crippen LogP contribution in [0, 0.1) is 0 Å². The first-order valence-electron chi connectivity index (χ1n) is 8.03. The van der Waals surface area contributed by atoms with E-state index in [9.17, 15) is 0 Å². The zero-order valence-corrected chi connectivity index (χ0v) is 15.2. The Bertz CT molecular complexity index is 437. The van der Waals surface area contributed by atoms with Crippen molar-refractivity contribution in [2.45, 2.75) is 38.0 Å². The molecule has 0 unspecified atom stereocenters. The fraction of sp³-hybridized carbons (Fsp3) is 0.688. The van der Waals surface area contributed by atoms with E-state index >= 15 is 0 Å². The standard InChI is InChI=1S/C16H27N3OS2/c1-3-17-15(18-11-14-5-10-21-12-14)19-13-16(22-4-2)6-8-20-9-7-16/h5,10,12H,3-4,6-9,11,13H2,1-2H3,(H2,17,18,19). The molecule has 6 heteroatoms. The van der Waals surface area contributed by atoms with Gasteiger partial charge in [0, 0.05) is 31.1 Å². The van der Waals surface area contributed by atoms with Gasteiger partial charge in [0.1, 0.15) is 0 Å². The monoisotopic (exact) mass is 341 g/mol. The number of nitrogens with one attached hydrogen (secondary N) is 2. The molecule has 2 rings (SSSR count). The van der Waals surface area contributed by atoms with Crippen LogP contribution in [0.4, 0.5) is 0 Å². The number of hydrogen-bond donors (Lipinski definition) is 2. The van der Waals surface area contributed by atoms with Crippen LogP contribution in [0.1, 0.15) is 32.3 Å². The first-order chi connectivity index (χ1) is 10.8. The summed E-state index contributed by atoms with van der Waals surface area (Å²) < 4.78 is 5.82. The molecule has 0 atom stereocenters. The summed E-state index contributed by atoms with van der Waals surface area (Å²) in [6, 6.07) is 2.13. The third kappa shape index (κ3) is 5.48. The molecule has 0 saturated carbocycles. The predicted molar refractivity (Wildman–Crippen MR) is 98.1 cm³/mol. The highest BCUT2D eigenvalue weighted by molar-refractivity contribution is 8.00. The van der Waals surface area contributed by atoms with Crippen LogP contribution in [0.15, 0.2) is 21.8 Å². The molecule has 4 nitrogen and oxygen atoms in total. The molecule has 2 heterocycles. The SMILES string of the molecule is CCNC(=NCc1ccsc1)NCC1(SCC)CCOCC1. The van der Waals surface area contributed by atoms with Gasteiger partial charge < -0.3 is 15.4 Å². The first kappa shape index (κ1) is 17.6. The van der Waals surface area contributed by atoms with Gasteiger partial charge in [0.15, 0.2) is 5.96 Å². The minimum atomic E-state index is 0.283. The third-order valence-electron chi connectivity index (χ3n) is 3.78. The molecule has 0 aromatic carbocycles. The second kappa shape index (κ2) is 9.43. The molecule has 1 fully saturated rings. The van der Waals surface area contributed by atoms with Crippen LogP contribution >= 0.6 is 23.1 Å². The second-order valence-corrected chi connectivity index (χ2v) is 7.92. The zero-order valence-electron chi connectivity index (χ0n) is 13.6. The highest BCUT2D eigenvalue weighted by Crippen LogP contribution is 2.34. The lowest BCUT2D eigenvalue weighted by Gasteiger charge is -2.37. The second-order valence-electron chi connectivity index (χ2n) is 5.41. The fourth-order valence-electron chi connectivity index (χ4n) is 2.56. The van der Waals surface area contributed by atoms with Crippen LogP contribution in [0.25, 0.3) is 0 Å². The molecule has 0 radical (unpaired) electrons. The van der Waals surface area contributed by atoms with Crippen molar-refractivity contribution < 1.29 is 4.74 Å². The molecule has 1 aliphatic heterocycles. The van der Waals surface area contributed by atoms with Crippen molar-refractivity contribution in [3.63, 3.8) is 0 Å². The lowest BCUT2D eigenvalue weighted by Crippen LogP contribution is -2.48. The highest BCUT2D eigenvalue weighted by atomic mass is 32.2. The predicted octanol–water partition coefficient (Wildman–Crippen LogP) is 3.11. The smallest absolute Gasteiger partial charge is 0.191 e. The number of nitrogens with zero attached hydrogens (tertiary/aromatic N) is 1. The number of ether oxygens (including phenoxy) is 1. The fourth-order valence-corrected chi connectivity index (χ4v) is 4.46. The normalized spacial score (nSPS) is 18.2. The average Bonchev–Trinajstić information content (AvgIpc) is 3.05. The summed E-state index contributed by atoms with van der Waals surface area (Å²) in [4.78, 5) is 4.69. The van der Waals surface area contributed by atoms with E-state index in [1.807, 2.05) is 0 Å². The van der Waals surface area contributed by atoms with Crippen molar-refractivity contribution >= 4 is 29.1 Å². The molecule has 0 bridgehead atoms. The van der Waals surface area contributed by atoms with E-state index in [0.717, 1.165) is 57.4 Å². The average molecular weight is 342 g/mol. The van der Waals surface area contributed by atoms with Gasteiger partial charge in [0.2, 0.25) is 0 Å². The molecule has 1 aromatic heterocycles. The Morgan fingerprint density at radius 2 is 2.18 bits per heavy atom. The summed E-state index contributed by atoms with van der Waals surface area (Å²) in [5.74, 6) is 2.06. The van der Waals surface area contributed by atoms with Gasteiger partial charge >= 0.3 is 0 Å². The minimum absolute atomic E-state index is 0.283. The van der Waals surface area contributed by atoms with E-state index in [1.54, 1.807) is 11.3 Å². The number of thioether (sulfide) groups is 1. The van der Waals surface area contributed by atoms with Crippen molar-refractivity contribution in [2.75, 3.05) is 32.1 Å². The summed E-state index contributed by atoms with van der Waals surface area (Å²) in [7, 11) is 0. The zero-order chi connectivity index (χ0) is 15.7. The number of thiophene rings is 1. The van der Waals surface area contributed by atoms with E-state index in [4.69, 9.17) is 9.73 Å². The van der Waals surface area contributed by atoms with Crippen LogP contribution in [-0.2, 0) is 11.3 Å². The molecule has 124 valence electrons. The van der Waals surface area contributed by atoms with Gasteiger partial charge in [-0.3, -0.25) is 0 Å². The number of aliphatic imine (C=N–C) groups is 1. The van der Waals surface area contributed by atoms with Crippen molar-refractivity contribution in [1.82, 2.24) is 10.6 Å². The molecule has 1 aliphatic rings. The summed E-state index contributed by atoms with van der Waals surface area (Å²) in [6.07, 6.45) is 2.23. The molecule has 0 spiro atoms. The van der Waals surface area contributed by atoms with Crippen molar-refractivity contribution in [2.24, 2.45) is 4.99 Å². The van der Waals surface area contributed by atoms with Gasteiger partial charge in [-0.15, -0.1) is 0 Å². The Kier molecular flexibility index (Phi) is 7.55. The first-order valence-corrected chi connectivity index (χ1v) is 9.96. The van der Waals surface area contributed by atoms with E-state index in [-0.39, 0.29) is 4.75 Å². The summed E-state index contributed by atoms with van der Waals surface area (Å²) in [5.41, 5.74) is 1.27. The van der Waals surface area contributed by atoms with Crippen LogP contribution < -0.4 is 10.6 Å². The molecule has 1 saturated heterocycles. The van der Waals surface area contributed by atoms with Crippen LogP contribution in [0.2, 0.25) is 0 Å². The molecule has 1 aromatic rings. The quantitative estimate of drug-likeness (QED) is 0.591. The Hall–Kier alpha value is -0.720. The molecule has 0 aliphatic carbocycles. The maximum absolute atomic E-state index is 5.54. The molecule has 22 heavy (non-hydrogen) atoms. The largest absolute Gasteiger partial charge is 0.381 e.